The fourth-order valence-electron chi connectivity index (χ4n) is 2.95. The summed E-state index contributed by atoms with van der Waals surface area (Å²) < 4.78 is 0. The molecule has 1 heterocycles. The second-order valence-electron chi connectivity index (χ2n) is 6.23. The molecule has 4 heteroatoms. The molecule has 3 nitrogen and oxygen atoms in total. The molecule has 25 heavy (non-hydrogen) atoms. The number of carbonyl (C=O) groups is 1. The average Bonchev–Trinajstić information content (AvgIpc) is 2.62. The van der Waals surface area contributed by atoms with Crippen LogP contribution in [-0.4, -0.2) is 16.1 Å². The molecule has 0 bridgehead atoms. The summed E-state index contributed by atoms with van der Waals surface area (Å²) in [5.74, 6) is -0.963. The minimum absolute atomic E-state index is 0.245. The maximum Gasteiger partial charge on any atom is 0.336 e. The van der Waals surface area contributed by atoms with Crippen LogP contribution in [0.5, 0.6) is 0 Å². The number of pyridine rings is 1. The van der Waals surface area contributed by atoms with Gasteiger partial charge in [0.1, 0.15) is 0 Å². The summed E-state index contributed by atoms with van der Waals surface area (Å²) in [7, 11) is 0. The first-order chi connectivity index (χ1) is 12.0. The van der Waals surface area contributed by atoms with E-state index in [1.54, 1.807) is 18.2 Å². The molecule has 0 fully saturated rings. The molecule has 1 N–H and O–H groups in total. The van der Waals surface area contributed by atoms with E-state index < -0.39 is 5.97 Å². The lowest BCUT2D eigenvalue weighted by atomic mass is 10.0. The molecule has 0 atom stereocenters. The number of unbranched alkanes of at least 4 members (excludes halogenated alkanes) is 1. The van der Waals surface area contributed by atoms with Gasteiger partial charge in [-0.25, -0.2) is 9.78 Å². The average molecular weight is 354 g/mol. The molecular formula is C21H20ClNO2. The molecule has 0 radical (unpaired) electrons. The summed E-state index contributed by atoms with van der Waals surface area (Å²) in [6, 6.07) is 13.3. The Labute approximate surface area is 152 Å². The zero-order valence-electron chi connectivity index (χ0n) is 14.3. The zero-order chi connectivity index (χ0) is 18.0. The van der Waals surface area contributed by atoms with Gasteiger partial charge in [-0.3, -0.25) is 0 Å². The van der Waals surface area contributed by atoms with Crippen molar-refractivity contribution in [2.75, 3.05) is 0 Å². The Kier molecular flexibility index (Phi) is 5.05. The van der Waals surface area contributed by atoms with E-state index in [1.165, 1.54) is 5.56 Å². The maximum absolute atomic E-state index is 11.7. The van der Waals surface area contributed by atoms with Gasteiger partial charge in [-0.2, -0.15) is 0 Å². The molecule has 0 saturated heterocycles. The first-order valence-electron chi connectivity index (χ1n) is 8.43. The van der Waals surface area contributed by atoms with Crippen LogP contribution in [0.1, 0.15) is 41.3 Å². The first-order valence-corrected chi connectivity index (χ1v) is 8.81. The summed E-state index contributed by atoms with van der Waals surface area (Å²) in [6.45, 7) is 4.04. The second-order valence-corrected chi connectivity index (χ2v) is 6.64. The van der Waals surface area contributed by atoms with Crippen molar-refractivity contribution in [3.05, 3.63) is 64.2 Å². The molecule has 0 aliphatic heterocycles. The zero-order valence-corrected chi connectivity index (χ0v) is 15.1. The van der Waals surface area contributed by atoms with Crippen LogP contribution in [0, 0.1) is 6.92 Å². The molecule has 1 aromatic heterocycles. The summed E-state index contributed by atoms with van der Waals surface area (Å²) >= 11 is 6.20. The Balaban J connectivity index is 2.13. The van der Waals surface area contributed by atoms with Crippen LogP contribution < -0.4 is 0 Å². The van der Waals surface area contributed by atoms with Crippen LogP contribution in [0.15, 0.2) is 42.5 Å². The molecule has 0 amide bonds. The van der Waals surface area contributed by atoms with Gasteiger partial charge >= 0.3 is 5.97 Å². The monoisotopic (exact) mass is 353 g/mol. The van der Waals surface area contributed by atoms with Crippen molar-refractivity contribution >= 4 is 28.5 Å². The topological polar surface area (TPSA) is 50.2 Å². The highest BCUT2D eigenvalue weighted by atomic mass is 35.5. The Morgan fingerprint density at radius 3 is 2.52 bits per heavy atom. The van der Waals surface area contributed by atoms with Crippen molar-refractivity contribution in [2.45, 2.75) is 33.1 Å². The van der Waals surface area contributed by atoms with Crippen molar-refractivity contribution in [3.8, 4) is 11.3 Å². The van der Waals surface area contributed by atoms with E-state index in [0.29, 0.717) is 21.6 Å². The summed E-state index contributed by atoms with van der Waals surface area (Å²) in [4.78, 5) is 16.4. The third-order valence-electron chi connectivity index (χ3n) is 4.47. The van der Waals surface area contributed by atoms with Gasteiger partial charge in [0.15, 0.2) is 0 Å². The molecule has 0 aliphatic rings. The van der Waals surface area contributed by atoms with Gasteiger partial charge in [-0.15, -0.1) is 0 Å². The van der Waals surface area contributed by atoms with Gasteiger partial charge in [0, 0.05) is 16.0 Å². The van der Waals surface area contributed by atoms with Gasteiger partial charge in [-0.05, 0) is 43.0 Å². The van der Waals surface area contributed by atoms with Crippen LogP contribution in [0.4, 0.5) is 0 Å². The second kappa shape index (κ2) is 7.24. The quantitative estimate of drug-likeness (QED) is 0.620. The van der Waals surface area contributed by atoms with Crippen molar-refractivity contribution in [1.29, 1.82) is 0 Å². The van der Waals surface area contributed by atoms with E-state index in [9.17, 15) is 9.90 Å². The van der Waals surface area contributed by atoms with Crippen molar-refractivity contribution < 1.29 is 9.90 Å². The highest BCUT2D eigenvalue weighted by molar-refractivity contribution is 6.32. The van der Waals surface area contributed by atoms with E-state index in [1.807, 2.05) is 19.1 Å². The summed E-state index contributed by atoms with van der Waals surface area (Å²) in [5, 5.41) is 10.8. The van der Waals surface area contributed by atoms with Crippen LogP contribution in [0.25, 0.3) is 22.2 Å². The summed E-state index contributed by atoms with van der Waals surface area (Å²) in [6.07, 6.45) is 3.38. The number of hydrogen-bond donors (Lipinski definition) is 1. The predicted molar refractivity (Wildman–Crippen MR) is 102 cm³/mol. The van der Waals surface area contributed by atoms with Crippen LogP contribution >= 0.6 is 11.6 Å². The molecule has 128 valence electrons. The van der Waals surface area contributed by atoms with E-state index in [0.717, 1.165) is 30.4 Å². The third kappa shape index (κ3) is 3.52. The number of halogens is 1. The van der Waals surface area contributed by atoms with E-state index in [2.05, 4.69) is 19.1 Å². The number of rotatable bonds is 5. The van der Waals surface area contributed by atoms with Gasteiger partial charge in [-0.1, -0.05) is 55.3 Å². The van der Waals surface area contributed by atoms with Gasteiger partial charge < -0.3 is 5.11 Å². The minimum atomic E-state index is -0.963. The highest BCUT2D eigenvalue weighted by Crippen LogP contribution is 2.30. The van der Waals surface area contributed by atoms with Crippen molar-refractivity contribution in [2.24, 2.45) is 0 Å². The lowest BCUT2D eigenvalue weighted by Crippen LogP contribution is -2.01. The Morgan fingerprint density at radius 1 is 1.16 bits per heavy atom. The molecule has 3 rings (SSSR count). The number of aryl methyl sites for hydroxylation is 2. The van der Waals surface area contributed by atoms with Crippen LogP contribution in [0.2, 0.25) is 5.02 Å². The fourth-order valence-corrected chi connectivity index (χ4v) is 3.10. The Bertz CT molecular complexity index is 933. The van der Waals surface area contributed by atoms with E-state index in [4.69, 9.17) is 16.6 Å². The van der Waals surface area contributed by atoms with Crippen LogP contribution in [-0.2, 0) is 6.42 Å². The molecule has 3 aromatic rings. The minimum Gasteiger partial charge on any atom is -0.478 e. The Morgan fingerprint density at radius 2 is 1.88 bits per heavy atom. The molecule has 0 aliphatic carbocycles. The number of carboxylic acids is 1. The lowest BCUT2D eigenvalue weighted by molar-refractivity contribution is 0.0699. The molecule has 0 spiro atoms. The SMILES string of the molecule is CCCCc1ccc(-c2cc(C(=O)O)c3ccc(Cl)c(C)c3n2)cc1. The smallest absolute Gasteiger partial charge is 0.336 e. The number of benzene rings is 2. The van der Waals surface area contributed by atoms with Crippen molar-refractivity contribution in [1.82, 2.24) is 4.98 Å². The maximum atomic E-state index is 11.7. The van der Waals surface area contributed by atoms with Crippen LogP contribution in [0.3, 0.4) is 0 Å². The van der Waals surface area contributed by atoms with Crippen molar-refractivity contribution in [3.63, 3.8) is 0 Å². The number of aromatic nitrogens is 1. The molecule has 0 saturated carbocycles. The van der Waals surface area contributed by atoms with Gasteiger partial charge in [0.2, 0.25) is 0 Å². The van der Waals surface area contributed by atoms with E-state index in [-0.39, 0.29) is 5.56 Å². The van der Waals surface area contributed by atoms with Gasteiger partial charge in [0.25, 0.3) is 0 Å². The van der Waals surface area contributed by atoms with Gasteiger partial charge in [0.05, 0.1) is 16.8 Å². The largest absolute Gasteiger partial charge is 0.478 e. The lowest BCUT2D eigenvalue weighted by Gasteiger charge is -2.10. The number of hydrogen-bond acceptors (Lipinski definition) is 2. The highest BCUT2D eigenvalue weighted by Gasteiger charge is 2.15. The molecular weight excluding hydrogens is 334 g/mol. The number of nitrogens with zero attached hydrogens (tertiary/aromatic N) is 1. The molecule has 0 unspecified atom stereocenters. The first kappa shape index (κ1) is 17.4. The Hall–Kier alpha value is -2.39. The standard InChI is InChI=1S/C21H20ClNO2/c1-3-4-5-14-6-8-15(9-7-14)19-12-17(21(24)25)16-10-11-18(22)13(2)20(16)23-19/h6-12H,3-5H2,1-2H3,(H,24,25). The number of aromatic carboxylic acids is 1. The van der Waals surface area contributed by atoms with E-state index >= 15 is 0 Å². The fraction of sp³-hybridized carbons (Fsp3) is 0.238. The number of fused-ring (bicyclic) bond motifs is 1. The predicted octanol–water partition coefficient (Wildman–Crippen LogP) is 5.90. The summed E-state index contributed by atoms with van der Waals surface area (Å²) in [5.41, 5.74) is 4.51. The molecule has 2 aromatic carbocycles. The third-order valence-corrected chi connectivity index (χ3v) is 4.88. The number of carboxylic acid groups (broad SMARTS) is 1. The normalized spacial score (nSPS) is 11.0.